The van der Waals surface area contributed by atoms with Gasteiger partial charge >= 0.3 is 0 Å². The van der Waals surface area contributed by atoms with Crippen molar-refractivity contribution in [1.29, 1.82) is 0 Å². The maximum Gasteiger partial charge on any atom is 0.248 e. The maximum absolute atomic E-state index is 13.1. The van der Waals surface area contributed by atoms with E-state index in [4.69, 9.17) is 11.6 Å². The van der Waals surface area contributed by atoms with Crippen LogP contribution in [0.15, 0.2) is 18.2 Å². The van der Waals surface area contributed by atoms with Gasteiger partial charge in [0, 0.05) is 19.4 Å². The Balaban J connectivity index is 1.77. The predicted octanol–water partition coefficient (Wildman–Crippen LogP) is 3.18. The van der Waals surface area contributed by atoms with Crippen molar-refractivity contribution >= 4 is 17.5 Å². The van der Waals surface area contributed by atoms with Gasteiger partial charge in [0.15, 0.2) is 0 Å². The number of nitrogens with one attached hydrogen (secondary N) is 1. The summed E-state index contributed by atoms with van der Waals surface area (Å²) in [5.74, 6) is -3.63. The molecule has 104 valence electrons. The van der Waals surface area contributed by atoms with Crippen LogP contribution in [0.2, 0.25) is 5.02 Å². The predicted molar refractivity (Wildman–Crippen MR) is 65.8 cm³/mol. The molecule has 6 heteroatoms. The second-order valence-corrected chi connectivity index (χ2v) is 5.27. The highest BCUT2D eigenvalue weighted by molar-refractivity contribution is 6.30. The highest BCUT2D eigenvalue weighted by Gasteiger charge is 2.44. The van der Waals surface area contributed by atoms with Gasteiger partial charge in [0.05, 0.1) is 11.4 Å². The van der Waals surface area contributed by atoms with Crippen LogP contribution in [-0.4, -0.2) is 18.4 Å². The van der Waals surface area contributed by atoms with Crippen molar-refractivity contribution in [3.05, 3.63) is 34.6 Å². The molecule has 2 nitrogen and oxygen atoms in total. The molecule has 1 saturated carbocycles. The largest absolute Gasteiger partial charge is 0.356 e. The molecule has 0 saturated heterocycles. The van der Waals surface area contributed by atoms with Gasteiger partial charge in [-0.05, 0) is 23.6 Å². The van der Waals surface area contributed by atoms with Crippen molar-refractivity contribution < 1.29 is 18.0 Å². The zero-order valence-electron chi connectivity index (χ0n) is 10.1. The number of rotatable bonds is 4. The first kappa shape index (κ1) is 14.2. The SMILES string of the molecule is O=C(Cc1ccc(Cl)c(F)c1)NCC1CC(F)(F)C1. The number of alkyl halides is 2. The van der Waals surface area contributed by atoms with Gasteiger partial charge in [-0.2, -0.15) is 0 Å². The van der Waals surface area contributed by atoms with Gasteiger partial charge in [0.25, 0.3) is 0 Å². The second-order valence-electron chi connectivity index (χ2n) is 4.86. The molecule has 1 aliphatic carbocycles. The first-order valence-corrected chi connectivity index (χ1v) is 6.32. The third kappa shape index (κ3) is 3.86. The summed E-state index contributed by atoms with van der Waals surface area (Å²) in [6.45, 7) is 0.241. The number of halogens is 4. The summed E-state index contributed by atoms with van der Waals surface area (Å²) >= 11 is 5.53. The minimum Gasteiger partial charge on any atom is -0.356 e. The maximum atomic E-state index is 13.1. The molecule has 1 aromatic carbocycles. The van der Waals surface area contributed by atoms with Crippen LogP contribution in [0.25, 0.3) is 0 Å². The monoisotopic (exact) mass is 291 g/mol. The van der Waals surface area contributed by atoms with Gasteiger partial charge in [0.1, 0.15) is 5.82 Å². The fourth-order valence-corrected chi connectivity index (χ4v) is 2.20. The first-order valence-electron chi connectivity index (χ1n) is 5.94. The lowest BCUT2D eigenvalue weighted by atomic mass is 9.81. The Morgan fingerprint density at radius 2 is 2.11 bits per heavy atom. The minimum atomic E-state index is -2.57. The van der Waals surface area contributed by atoms with E-state index >= 15 is 0 Å². The second kappa shape index (κ2) is 5.41. The van der Waals surface area contributed by atoms with Crippen LogP contribution >= 0.6 is 11.6 Å². The number of benzene rings is 1. The van der Waals surface area contributed by atoms with Crippen LogP contribution in [0, 0.1) is 11.7 Å². The van der Waals surface area contributed by atoms with Gasteiger partial charge in [0.2, 0.25) is 11.8 Å². The lowest BCUT2D eigenvalue weighted by Gasteiger charge is -2.34. The minimum absolute atomic E-state index is 0.000794. The lowest BCUT2D eigenvalue weighted by Crippen LogP contribution is -2.42. The quantitative estimate of drug-likeness (QED) is 0.907. The van der Waals surface area contributed by atoms with Crippen LogP contribution in [0.1, 0.15) is 18.4 Å². The molecule has 1 amide bonds. The van der Waals surface area contributed by atoms with E-state index in [2.05, 4.69) is 5.32 Å². The van der Waals surface area contributed by atoms with E-state index < -0.39 is 11.7 Å². The molecule has 19 heavy (non-hydrogen) atoms. The summed E-state index contributed by atoms with van der Waals surface area (Å²) in [4.78, 5) is 11.6. The van der Waals surface area contributed by atoms with Crippen LogP contribution < -0.4 is 5.32 Å². The van der Waals surface area contributed by atoms with E-state index in [1.807, 2.05) is 0 Å². The van der Waals surface area contributed by atoms with Crippen LogP contribution in [0.5, 0.6) is 0 Å². The molecule has 0 heterocycles. The van der Waals surface area contributed by atoms with E-state index in [1.54, 1.807) is 6.07 Å². The van der Waals surface area contributed by atoms with E-state index in [9.17, 15) is 18.0 Å². The highest BCUT2D eigenvalue weighted by Crippen LogP contribution is 2.41. The standard InChI is InChI=1S/C13H13ClF3NO/c14-10-2-1-8(3-11(10)15)4-12(19)18-7-9-5-13(16,17)6-9/h1-3,9H,4-7H2,(H,18,19). The molecule has 0 bridgehead atoms. The number of carbonyl (C=O) groups is 1. The molecule has 1 aliphatic rings. The van der Waals surface area contributed by atoms with Gasteiger partial charge < -0.3 is 5.32 Å². The van der Waals surface area contributed by atoms with Crippen molar-refractivity contribution in [3.63, 3.8) is 0 Å². The fraction of sp³-hybridized carbons (Fsp3) is 0.462. The number of amides is 1. The van der Waals surface area contributed by atoms with E-state index in [-0.39, 0.29) is 42.7 Å². The zero-order chi connectivity index (χ0) is 14.0. The Morgan fingerprint density at radius 1 is 1.42 bits per heavy atom. The molecular formula is C13H13ClF3NO. The fourth-order valence-electron chi connectivity index (χ4n) is 2.08. The Bertz CT molecular complexity index is 485. The first-order chi connectivity index (χ1) is 8.85. The molecule has 0 radical (unpaired) electrons. The Kier molecular flexibility index (Phi) is 4.04. The molecule has 1 N–H and O–H groups in total. The molecule has 0 atom stereocenters. The Labute approximate surface area is 113 Å². The van der Waals surface area contributed by atoms with E-state index in [0.717, 1.165) is 0 Å². The van der Waals surface area contributed by atoms with Crippen LogP contribution in [0.3, 0.4) is 0 Å². The van der Waals surface area contributed by atoms with Crippen molar-refractivity contribution in [2.24, 2.45) is 5.92 Å². The third-order valence-corrected chi connectivity index (χ3v) is 3.42. The Morgan fingerprint density at radius 3 is 2.68 bits per heavy atom. The molecule has 0 aromatic heterocycles. The lowest BCUT2D eigenvalue weighted by molar-refractivity contribution is -0.125. The average molecular weight is 292 g/mol. The zero-order valence-corrected chi connectivity index (χ0v) is 10.8. The molecule has 1 fully saturated rings. The Hall–Kier alpha value is -1.23. The molecule has 2 rings (SSSR count). The molecule has 0 aliphatic heterocycles. The van der Waals surface area contributed by atoms with Crippen LogP contribution in [0.4, 0.5) is 13.2 Å². The summed E-state index contributed by atoms with van der Waals surface area (Å²) < 4.78 is 38.3. The number of carbonyl (C=O) groups excluding carboxylic acids is 1. The van der Waals surface area contributed by atoms with Gasteiger partial charge in [-0.25, -0.2) is 13.2 Å². The van der Waals surface area contributed by atoms with Gasteiger partial charge in [-0.3, -0.25) is 4.79 Å². The molecule has 0 spiro atoms. The highest BCUT2D eigenvalue weighted by atomic mass is 35.5. The topological polar surface area (TPSA) is 29.1 Å². The van der Waals surface area contributed by atoms with E-state index in [1.165, 1.54) is 12.1 Å². The smallest absolute Gasteiger partial charge is 0.248 e. The normalized spacial score (nSPS) is 17.9. The van der Waals surface area contributed by atoms with Crippen LogP contribution in [-0.2, 0) is 11.2 Å². The van der Waals surface area contributed by atoms with Crippen molar-refractivity contribution in [2.75, 3.05) is 6.54 Å². The van der Waals surface area contributed by atoms with Crippen molar-refractivity contribution in [3.8, 4) is 0 Å². The number of hydrogen-bond acceptors (Lipinski definition) is 1. The van der Waals surface area contributed by atoms with Gasteiger partial charge in [-0.1, -0.05) is 17.7 Å². The summed E-state index contributed by atoms with van der Waals surface area (Å²) in [6, 6.07) is 4.13. The molecule has 1 aromatic rings. The summed E-state index contributed by atoms with van der Waals surface area (Å²) in [5.41, 5.74) is 0.498. The summed E-state index contributed by atoms with van der Waals surface area (Å²) in [5, 5.41) is 2.58. The van der Waals surface area contributed by atoms with Crippen molar-refractivity contribution in [2.45, 2.75) is 25.2 Å². The molecular weight excluding hydrogens is 279 g/mol. The molecule has 0 unspecified atom stereocenters. The summed E-state index contributed by atoms with van der Waals surface area (Å²) in [6.07, 6.45) is -0.344. The summed E-state index contributed by atoms with van der Waals surface area (Å²) in [7, 11) is 0. The van der Waals surface area contributed by atoms with Crippen molar-refractivity contribution in [1.82, 2.24) is 5.32 Å². The number of hydrogen-bond donors (Lipinski definition) is 1. The van der Waals surface area contributed by atoms with E-state index in [0.29, 0.717) is 5.56 Å². The van der Waals surface area contributed by atoms with Gasteiger partial charge in [-0.15, -0.1) is 0 Å². The average Bonchev–Trinajstić information content (AvgIpc) is 2.28. The third-order valence-electron chi connectivity index (χ3n) is 3.11.